The number of carbonyl (C=O) groups excluding carboxylic acids is 2. The van der Waals surface area contributed by atoms with Crippen LogP contribution in [0.15, 0.2) is 30.5 Å². The molecule has 1 atom stereocenters. The molecule has 0 radical (unpaired) electrons. The van der Waals surface area contributed by atoms with Crippen molar-refractivity contribution in [3.63, 3.8) is 0 Å². The summed E-state index contributed by atoms with van der Waals surface area (Å²) in [6.45, 7) is 4.91. The van der Waals surface area contributed by atoms with Gasteiger partial charge in [0.15, 0.2) is 0 Å². The van der Waals surface area contributed by atoms with Gasteiger partial charge in [-0.15, -0.1) is 0 Å². The van der Waals surface area contributed by atoms with Crippen molar-refractivity contribution in [3.8, 4) is 0 Å². The highest BCUT2D eigenvalue weighted by Gasteiger charge is 2.23. The Hall–Kier alpha value is -2.34. The van der Waals surface area contributed by atoms with E-state index in [0.717, 1.165) is 10.9 Å². The van der Waals surface area contributed by atoms with E-state index in [1.54, 1.807) is 19.4 Å². The summed E-state index contributed by atoms with van der Waals surface area (Å²) < 4.78 is 4.94. The maximum absolute atomic E-state index is 12.7. The van der Waals surface area contributed by atoms with Crippen LogP contribution in [0, 0.1) is 5.92 Å². The number of aromatic amines is 1. The van der Waals surface area contributed by atoms with Gasteiger partial charge in [0, 0.05) is 36.3 Å². The van der Waals surface area contributed by atoms with E-state index in [4.69, 9.17) is 4.74 Å². The third-order valence-electron chi connectivity index (χ3n) is 3.77. The van der Waals surface area contributed by atoms with Crippen molar-refractivity contribution in [2.45, 2.75) is 26.3 Å². The van der Waals surface area contributed by atoms with Gasteiger partial charge in [-0.05, 0) is 30.5 Å². The first-order chi connectivity index (χ1) is 11.5. The Morgan fingerprint density at radius 2 is 2.04 bits per heavy atom. The van der Waals surface area contributed by atoms with E-state index in [9.17, 15) is 9.59 Å². The molecule has 3 N–H and O–H groups in total. The molecule has 24 heavy (non-hydrogen) atoms. The molecule has 0 spiro atoms. The summed E-state index contributed by atoms with van der Waals surface area (Å²) in [5.74, 6) is -0.144. The van der Waals surface area contributed by atoms with Crippen molar-refractivity contribution in [3.05, 3.63) is 36.0 Å². The average molecular weight is 331 g/mol. The number of H-pyrrole nitrogens is 1. The highest BCUT2D eigenvalue weighted by Crippen LogP contribution is 2.17. The van der Waals surface area contributed by atoms with E-state index >= 15 is 0 Å². The summed E-state index contributed by atoms with van der Waals surface area (Å²) in [5.41, 5.74) is 1.46. The minimum absolute atomic E-state index is 0.185. The van der Waals surface area contributed by atoms with E-state index < -0.39 is 6.04 Å². The Bertz CT molecular complexity index is 694. The molecule has 1 aromatic carbocycles. The molecule has 2 aromatic rings. The Morgan fingerprint density at radius 3 is 2.75 bits per heavy atom. The van der Waals surface area contributed by atoms with E-state index in [0.29, 0.717) is 25.1 Å². The van der Waals surface area contributed by atoms with Crippen molar-refractivity contribution in [1.82, 2.24) is 15.6 Å². The topological polar surface area (TPSA) is 83.2 Å². The van der Waals surface area contributed by atoms with Gasteiger partial charge in [-0.3, -0.25) is 9.59 Å². The van der Waals surface area contributed by atoms with Gasteiger partial charge in [-0.25, -0.2) is 0 Å². The smallest absolute Gasteiger partial charge is 0.252 e. The molecule has 130 valence electrons. The zero-order valence-corrected chi connectivity index (χ0v) is 14.4. The first-order valence-electron chi connectivity index (χ1n) is 8.16. The monoisotopic (exact) mass is 331 g/mol. The number of amides is 2. The number of nitrogens with one attached hydrogen (secondary N) is 3. The third-order valence-corrected chi connectivity index (χ3v) is 3.77. The normalized spacial score (nSPS) is 12.3. The molecule has 1 heterocycles. The largest absolute Gasteiger partial charge is 0.383 e. The molecule has 6 nitrogen and oxygen atoms in total. The predicted molar refractivity (Wildman–Crippen MR) is 93.9 cm³/mol. The number of hydrogen-bond donors (Lipinski definition) is 3. The maximum Gasteiger partial charge on any atom is 0.252 e. The zero-order chi connectivity index (χ0) is 17.5. The van der Waals surface area contributed by atoms with Crippen LogP contribution in [0.1, 0.15) is 30.6 Å². The zero-order valence-electron chi connectivity index (χ0n) is 14.4. The van der Waals surface area contributed by atoms with Crippen molar-refractivity contribution < 1.29 is 14.3 Å². The number of fused-ring (bicyclic) bond motifs is 1. The van der Waals surface area contributed by atoms with Gasteiger partial charge in [-0.2, -0.15) is 0 Å². The van der Waals surface area contributed by atoms with Gasteiger partial charge < -0.3 is 20.4 Å². The molecule has 0 aliphatic heterocycles. The average Bonchev–Trinajstić information content (AvgIpc) is 3.02. The number of benzene rings is 1. The van der Waals surface area contributed by atoms with Gasteiger partial charge in [0.2, 0.25) is 5.91 Å². The van der Waals surface area contributed by atoms with E-state index in [1.165, 1.54) is 0 Å². The second-order valence-electron chi connectivity index (χ2n) is 6.18. The fourth-order valence-electron chi connectivity index (χ4n) is 2.62. The lowest BCUT2D eigenvalue weighted by atomic mass is 10.0. The van der Waals surface area contributed by atoms with Gasteiger partial charge in [0.05, 0.1) is 6.61 Å². The summed E-state index contributed by atoms with van der Waals surface area (Å²) in [4.78, 5) is 28.1. The minimum atomic E-state index is -0.566. The van der Waals surface area contributed by atoms with Crippen molar-refractivity contribution >= 4 is 22.7 Å². The van der Waals surface area contributed by atoms with Gasteiger partial charge >= 0.3 is 0 Å². The van der Waals surface area contributed by atoms with Gasteiger partial charge in [0.25, 0.3) is 5.91 Å². The molecule has 2 rings (SSSR count). The van der Waals surface area contributed by atoms with Crippen molar-refractivity contribution in [1.29, 1.82) is 0 Å². The fourth-order valence-corrected chi connectivity index (χ4v) is 2.62. The number of methoxy groups -OCH3 is 1. The van der Waals surface area contributed by atoms with Crippen LogP contribution in [0.25, 0.3) is 10.9 Å². The molecule has 0 unspecified atom stereocenters. The Labute approximate surface area is 142 Å². The highest BCUT2D eigenvalue weighted by molar-refractivity contribution is 6.07. The lowest BCUT2D eigenvalue weighted by Crippen LogP contribution is -2.48. The van der Waals surface area contributed by atoms with Crippen LogP contribution in [0.5, 0.6) is 0 Å². The molecule has 0 fully saturated rings. The second-order valence-corrected chi connectivity index (χ2v) is 6.18. The molecule has 0 saturated carbocycles. The highest BCUT2D eigenvalue weighted by atomic mass is 16.5. The van der Waals surface area contributed by atoms with E-state index in [1.807, 2.05) is 32.0 Å². The Morgan fingerprint density at radius 1 is 1.25 bits per heavy atom. The quantitative estimate of drug-likeness (QED) is 0.648. The number of hydrogen-bond acceptors (Lipinski definition) is 3. The molecule has 1 aromatic heterocycles. The lowest BCUT2D eigenvalue weighted by Gasteiger charge is -2.20. The first-order valence-corrected chi connectivity index (χ1v) is 8.16. The van der Waals surface area contributed by atoms with Crippen LogP contribution in [0.4, 0.5) is 0 Å². The number of carbonyl (C=O) groups is 2. The van der Waals surface area contributed by atoms with Crippen LogP contribution >= 0.6 is 0 Å². The molecule has 0 aliphatic carbocycles. The first kappa shape index (κ1) is 18.0. The Kier molecular flexibility index (Phi) is 6.37. The summed E-state index contributed by atoms with van der Waals surface area (Å²) in [7, 11) is 1.58. The maximum atomic E-state index is 12.7. The molecular formula is C18H25N3O3. The predicted octanol–water partition coefficient (Wildman–Crippen LogP) is 2.07. The SMILES string of the molecule is COCCNC(=O)[C@H](CC(C)C)NC(=O)c1cccc2[nH]ccc12. The van der Waals surface area contributed by atoms with Crippen molar-refractivity contribution in [2.24, 2.45) is 5.92 Å². The van der Waals surface area contributed by atoms with Crippen LogP contribution in [0.3, 0.4) is 0 Å². The molecular weight excluding hydrogens is 306 g/mol. The van der Waals surface area contributed by atoms with E-state index in [-0.39, 0.29) is 17.7 Å². The Balaban J connectivity index is 2.11. The molecule has 0 bridgehead atoms. The number of ether oxygens (including phenoxy) is 1. The van der Waals surface area contributed by atoms with Crippen LogP contribution in [0.2, 0.25) is 0 Å². The van der Waals surface area contributed by atoms with Crippen molar-refractivity contribution in [2.75, 3.05) is 20.3 Å². The fraction of sp³-hybridized carbons (Fsp3) is 0.444. The molecule has 0 saturated heterocycles. The summed E-state index contributed by atoms with van der Waals surface area (Å²) in [5, 5.41) is 6.51. The van der Waals surface area contributed by atoms with E-state index in [2.05, 4.69) is 15.6 Å². The van der Waals surface area contributed by atoms with Gasteiger partial charge in [-0.1, -0.05) is 19.9 Å². The third kappa shape index (κ3) is 4.58. The minimum Gasteiger partial charge on any atom is -0.383 e. The van der Waals surface area contributed by atoms with Crippen LogP contribution < -0.4 is 10.6 Å². The number of aromatic nitrogens is 1. The van der Waals surface area contributed by atoms with Gasteiger partial charge in [0.1, 0.15) is 6.04 Å². The summed E-state index contributed by atoms with van der Waals surface area (Å²) in [6, 6.07) is 6.80. The summed E-state index contributed by atoms with van der Waals surface area (Å²) in [6.07, 6.45) is 2.37. The standard InChI is InChI=1S/C18H25N3O3/c1-12(2)11-16(18(23)20-9-10-24-3)21-17(22)14-5-4-6-15-13(14)7-8-19-15/h4-8,12,16,19H,9-11H2,1-3H3,(H,20,23)(H,21,22)/t16-/m0/s1. The molecule has 2 amide bonds. The summed E-state index contributed by atoms with van der Waals surface area (Å²) >= 11 is 0. The second kappa shape index (κ2) is 8.49. The van der Waals surface area contributed by atoms with Crippen LogP contribution in [-0.2, 0) is 9.53 Å². The van der Waals surface area contributed by atoms with Crippen LogP contribution in [-0.4, -0.2) is 43.1 Å². The molecule has 6 heteroatoms. The number of rotatable bonds is 8. The lowest BCUT2D eigenvalue weighted by molar-refractivity contribution is -0.123. The molecule has 0 aliphatic rings.